The topological polar surface area (TPSA) is 78.9 Å². The highest BCUT2D eigenvalue weighted by molar-refractivity contribution is 5.86. The predicted molar refractivity (Wildman–Crippen MR) is 55.2 cm³/mol. The third-order valence-corrected chi connectivity index (χ3v) is 2.09. The molecule has 0 bridgehead atoms. The average molecular weight is 213 g/mol. The van der Waals surface area contributed by atoms with Gasteiger partial charge in [0.1, 0.15) is 0 Å². The summed E-state index contributed by atoms with van der Waals surface area (Å²) in [5.41, 5.74) is 1.39. The minimum absolute atomic E-state index is 0.129. The largest absolute Gasteiger partial charge is 0.478 e. The molecule has 0 amide bonds. The number of nitriles is 1. The van der Waals surface area contributed by atoms with Crippen molar-refractivity contribution in [2.45, 2.75) is 0 Å². The van der Waals surface area contributed by atoms with Crippen LogP contribution in [-0.2, 0) is 0 Å². The van der Waals surface area contributed by atoms with Gasteiger partial charge in [0.15, 0.2) is 0 Å². The van der Waals surface area contributed by atoms with E-state index in [4.69, 9.17) is 10.4 Å². The molecule has 0 spiro atoms. The van der Waals surface area contributed by atoms with Gasteiger partial charge in [-0.1, -0.05) is 0 Å². The first-order valence-electron chi connectivity index (χ1n) is 4.49. The summed E-state index contributed by atoms with van der Waals surface area (Å²) in [5, 5.41) is 21.3. The van der Waals surface area contributed by atoms with Gasteiger partial charge in [-0.05, 0) is 24.3 Å². The number of carboxylic acid groups (broad SMARTS) is 1. The van der Waals surface area contributed by atoms with Crippen LogP contribution in [0.1, 0.15) is 15.9 Å². The minimum atomic E-state index is -1.01. The third kappa shape index (κ3) is 1.77. The summed E-state index contributed by atoms with van der Waals surface area (Å²) in [7, 11) is 0. The lowest BCUT2D eigenvalue weighted by Crippen LogP contribution is -1.95. The van der Waals surface area contributed by atoms with Gasteiger partial charge in [-0.25, -0.2) is 9.48 Å². The Kier molecular flexibility index (Phi) is 2.40. The Balaban J connectivity index is 2.36. The van der Waals surface area contributed by atoms with Crippen LogP contribution in [0.3, 0.4) is 0 Å². The molecule has 0 fully saturated rings. The van der Waals surface area contributed by atoms with Crippen molar-refractivity contribution >= 4 is 5.97 Å². The molecular weight excluding hydrogens is 206 g/mol. The standard InChI is InChI=1S/C11H7N3O2/c12-5-8-1-3-10(4-2-8)14-7-9(6-13-14)11(15)16/h1-4,6-7H,(H,15,16). The Bertz CT molecular complexity index is 564. The number of hydrogen-bond acceptors (Lipinski definition) is 3. The van der Waals surface area contributed by atoms with Crippen LogP contribution in [-0.4, -0.2) is 20.9 Å². The molecule has 2 rings (SSSR count). The molecule has 0 aliphatic heterocycles. The lowest BCUT2D eigenvalue weighted by atomic mass is 10.2. The van der Waals surface area contributed by atoms with Gasteiger partial charge in [-0.2, -0.15) is 10.4 Å². The molecule has 1 aromatic heterocycles. The second-order valence-electron chi connectivity index (χ2n) is 3.14. The lowest BCUT2D eigenvalue weighted by Gasteiger charge is -1.99. The molecule has 0 radical (unpaired) electrons. The maximum Gasteiger partial charge on any atom is 0.338 e. The zero-order chi connectivity index (χ0) is 11.5. The van der Waals surface area contributed by atoms with E-state index in [0.717, 1.165) is 0 Å². The molecule has 0 unspecified atom stereocenters. The number of carboxylic acids is 1. The summed E-state index contributed by atoms with van der Waals surface area (Å²) in [6.07, 6.45) is 2.70. The van der Waals surface area contributed by atoms with E-state index in [2.05, 4.69) is 5.10 Å². The number of rotatable bonds is 2. The average Bonchev–Trinajstić information content (AvgIpc) is 2.78. The molecule has 1 heterocycles. The fraction of sp³-hybridized carbons (Fsp3) is 0. The highest BCUT2D eigenvalue weighted by Crippen LogP contribution is 2.09. The molecule has 5 nitrogen and oxygen atoms in total. The van der Waals surface area contributed by atoms with Crippen LogP contribution in [0, 0.1) is 11.3 Å². The van der Waals surface area contributed by atoms with Gasteiger partial charge >= 0.3 is 5.97 Å². The first-order valence-corrected chi connectivity index (χ1v) is 4.49. The first kappa shape index (κ1) is 9.93. The van der Waals surface area contributed by atoms with Gasteiger partial charge in [0, 0.05) is 6.20 Å². The summed E-state index contributed by atoms with van der Waals surface area (Å²) in [6, 6.07) is 8.72. The summed E-state index contributed by atoms with van der Waals surface area (Å²) in [6.45, 7) is 0. The highest BCUT2D eigenvalue weighted by Gasteiger charge is 2.06. The van der Waals surface area contributed by atoms with Gasteiger partial charge < -0.3 is 5.11 Å². The highest BCUT2D eigenvalue weighted by atomic mass is 16.4. The van der Waals surface area contributed by atoms with Crippen LogP contribution in [0.5, 0.6) is 0 Å². The fourth-order valence-electron chi connectivity index (χ4n) is 1.26. The maximum atomic E-state index is 10.6. The van der Waals surface area contributed by atoms with Gasteiger partial charge in [0.2, 0.25) is 0 Å². The van der Waals surface area contributed by atoms with E-state index in [1.807, 2.05) is 6.07 Å². The third-order valence-electron chi connectivity index (χ3n) is 2.09. The number of hydrogen-bond donors (Lipinski definition) is 1. The van der Waals surface area contributed by atoms with E-state index in [1.54, 1.807) is 24.3 Å². The minimum Gasteiger partial charge on any atom is -0.478 e. The summed E-state index contributed by atoms with van der Waals surface area (Å²) < 4.78 is 1.45. The zero-order valence-corrected chi connectivity index (χ0v) is 8.16. The molecule has 1 N–H and O–H groups in total. The Labute approximate surface area is 91.2 Å². The molecule has 1 aromatic carbocycles. The van der Waals surface area contributed by atoms with Crippen LogP contribution in [0.15, 0.2) is 36.7 Å². The van der Waals surface area contributed by atoms with Crippen molar-refractivity contribution < 1.29 is 9.90 Å². The van der Waals surface area contributed by atoms with Crippen molar-refractivity contribution in [3.63, 3.8) is 0 Å². The summed E-state index contributed by atoms with van der Waals surface area (Å²) in [4.78, 5) is 10.6. The summed E-state index contributed by atoms with van der Waals surface area (Å²) in [5.74, 6) is -1.01. The van der Waals surface area contributed by atoms with E-state index in [1.165, 1.54) is 17.1 Å². The molecule has 0 saturated carbocycles. The zero-order valence-electron chi connectivity index (χ0n) is 8.16. The molecule has 2 aromatic rings. The van der Waals surface area contributed by atoms with Crippen LogP contribution >= 0.6 is 0 Å². The van der Waals surface area contributed by atoms with Gasteiger partial charge in [-0.15, -0.1) is 0 Å². The SMILES string of the molecule is N#Cc1ccc(-n2cc(C(=O)O)cn2)cc1. The normalized spacial score (nSPS) is 9.69. The Morgan fingerprint density at radius 1 is 1.38 bits per heavy atom. The molecule has 0 aliphatic carbocycles. The van der Waals surface area contributed by atoms with E-state index < -0.39 is 5.97 Å². The van der Waals surface area contributed by atoms with Crippen molar-refractivity contribution in [2.75, 3.05) is 0 Å². The summed E-state index contributed by atoms with van der Waals surface area (Å²) >= 11 is 0. The second-order valence-corrected chi connectivity index (χ2v) is 3.14. The van der Waals surface area contributed by atoms with E-state index in [0.29, 0.717) is 11.3 Å². The van der Waals surface area contributed by atoms with Crippen molar-refractivity contribution in [1.29, 1.82) is 5.26 Å². The maximum absolute atomic E-state index is 10.6. The van der Waals surface area contributed by atoms with Crippen LogP contribution in [0.4, 0.5) is 0 Å². The number of aromatic carboxylic acids is 1. The van der Waals surface area contributed by atoms with Crippen molar-refractivity contribution in [1.82, 2.24) is 9.78 Å². The fourth-order valence-corrected chi connectivity index (χ4v) is 1.26. The quantitative estimate of drug-likeness (QED) is 0.818. The van der Waals surface area contributed by atoms with Gasteiger partial charge in [-0.3, -0.25) is 0 Å². The van der Waals surface area contributed by atoms with Crippen molar-refractivity contribution in [3.05, 3.63) is 47.8 Å². The molecule has 0 atom stereocenters. The molecule has 0 saturated heterocycles. The van der Waals surface area contributed by atoms with Crippen molar-refractivity contribution in [2.24, 2.45) is 0 Å². The number of nitrogens with zero attached hydrogens (tertiary/aromatic N) is 3. The Hall–Kier alpha value is -2.61. The second kappa shape index (κ2) is 3.87. The van der Waals surface area contributed by atoms with Gasteiger partial charge in [0.05, 0.1) is 29.1 Å². The molecule has 78 valence electrons. The van der Waals surface area contributed by atoms with Crippen molar-refractivity contribution in [3.8, 4) is 11.8 Å². The number of benzene rings is 1. The van der Waals surface area contributed by atoms with Crippen LogP contribution in [0.2, 0.25) is 0 Å². The smallest absolute Gasteiger partial charge is 0.338 e. The van der Waals surface area contributed by atoms with E-state index in [9.17, 15) is 4.79 Å². The Morgan fingerprint density at radius 3 is 2.56 bits per heavy atom. The molecular formula is C11H7N3O2. The molecule has 0 aliphatic rings. The first-order chi connectivity index (χ1) is 7.70. The van der Waals surface area contributed by atoms with E-state index in [-0.39, 0.29) is 5.56 Å². The van der Waals surface area contributed by atoms with Crippen LogP contribution < -0.4 is 0 Å². The molecule has 5 heteroatoms. The lowest BCUT2D eigenvalue weighted by molar-refractivity contribution is 0.0697. The predicted octanol–water partition coefficient (Wildman–Crippen LogP) is 1.44. The monoisotopic (exact) mass is 213 g/mol. The number of aromatic nitrogens is 2. The Morgan fingerprint density at radius 2 is 2.06 bits per heavy atom. The van der Waals surface area contributed by atoms with Gasteiger partial charge in [0.25, 0.3) is 0 Å². The van der Waals surface area contributed by atoms with Crippen LogP contribution in [0.25, 0.3) is 5.69 Å². The van der Waals surface area contributed by atoms with E-state index >= 15 is 0 Å². The molecule has 16 heavy (non-hydrogen) atoms. The number of carbonyl (C=O) groups is 1.